The molecule has 0 aromatic heterocycles. The smallest absolute Gasteiger partial charge is 0.366 e. The van der Waals surface area contributed by atoms with Crippen LogP contribution in [0.1, 0.15) is 54.7 Å². The molecule has 3 nitrogen and oxygen atoms in total. The Morgan fingerprint density at radius 3 is 2.43 bits per heavy atom. The zero-order valence-corrected chi connectivity index (χ0v) is 16.7. The van der Waals surface area contributed by atoms with Gasteiger partial charge in [-0.2, -0.15) is 13.2 Å². The number of halogens is 4. The number of amides is 1. The molecule has 0 fully saturated rings. The highest BCUT2D eigenvalue weighted by atomic mass is 35.5. The van der Waals surface area contributed by atoms with Gasteiger partial charge in [0.25, 0.3) is 5.91 Å². The number of nitrogens with zero attached hydrogens (tertiary/aromatic N) is 1. The number of rotatable bonds is 2. The Morgan fingerprint density at radius 1 is 1.14 bits per heavy atom. The molecule has 1 N–H and O–H groups in total. The standard InChI is InChI=1S/C21H22ClF3N2O/c1-20(2,3)27-11-10-17(15-6-4-5-7-18(15)27)26-19(28)14-9-8-13(12-16(14)22)21(23,24)25/h4-9,12,17H,10-11H2,1-3H3,(H,26,28). The molecule has 0 bridgehead atoms. The van der Waals surface area contributed by atoms with Crippen molar-refractivity contribution >= 4 is 23.2 Å². The zero-order valence-electron chi connectivity index (χ0n) is 15.9. The summed E-state index contributed by atoms with van der Waals surface area (Å²) in [5, 5.41) is 2.72. The molecule has 150 valence electrons. The summed E-state index contributed by atoms with van der Waals surface area (Å²) >= 11 is 5.96. The van der Waals surface area contributed by atoms with E-state index in [1.54, 1.807) is 0 Å². The number of para-hydroxylation sites is 1. The number of hydrogen-bond donors (Lipinski definition) is 1. The summed E-state index contributed by atoms with van der Waals surface area (Å²) in [4.78, 5) is 15.0. The van der Waals surface area contributed by atoms with Crippen LogP contribution in [0.25, 0.3) is 0 Å². The highest BCUT2D eigenvalue weighted by Crippen LogP contribution is 2.38. The lowest BCUT2D eigenvalue weighted by molar-refractivity contribution is -0.137. The van der Waals surface area contributed by atoms with Gasteiger partial charge in [0.1, 0.15) is 0 Å². The zero-order chi connectivity index (χ0) is 20.7. The number of nitrogens with one attached hydrogen (secondary N) is 1. The monoisotopic (exact) mass is 410 g/mol. The van der Waals surface area contributed by atoms with Crippen molar-refractivity contribution in [2.45, 2.75) is 44.9 Å². The van der Waals surface area contributed by atoms with E-state index in [2.05, 4.69) is 31.0 Å². The van der Waals surface area contributed by atoms with E-state index in [0.717, 1.165) is 36.0 Å². The summed E-state index contributed by atoms with van der Waals surface area (Å²) in [6, 6.07) is 10.4. The van der Waals surface area contributed by atoms with Crippen LogP contribution in [0.15, 0.2) is 42.5 Å². The van der Waals surface area contributed by atoms with Crippen molar-refractivity contribution in [3.8, 4) is 0 Å². The second-order valence-electron chi connectivity index (χ2n) is 7.89. The maximum Gasteiger partial charge on any atom is 0.416 e. The summed E-state index contributed by atoms with van der Waals surface area (Å²) in [6.45, 7) is 7.15. The summed E-state index contributed by atoms with van der Waals surface area (Å²) in [6.07, 6.45) is -3.81. The second-order valence-corrected chi connectivity index (χ2v) is 8.30. The molecule has 0 saturated carbocycles. The Bertz CT molecular complexity index is 890. The molecule has 1 aliphatic rings. The largest absolute Gasteiger partial charge is 0.416 e. The lowest BCUT2D eigenvalue weighted by atomic mass is 9.92. The Labute approximate surface area is 167 Å². The molecular weight excluding hydrogens is 389 g/mol. The highest BCUT2D eigenvalue weighted by molar-refractivity contribution is 6.33. The van der Waals surface area contributed by atoms with Crippen molar-refractivity contribution in [3.05, 3.63) is 64.2 Å². The van der Waals surface area contributed by atoms with Crippen LogP contribution in [0.2, 0.25) is 5.02 Å². The molecule has 0 radical (unpaired) electrons. The highest BCUT2D eigenvalue weighted by Gasteiger charge is 2.33. The van der Waals surface area contributed by atoms with E-state index in [9.17, 15) is 18.0 Å². The number of alkyl halides is 3. The fourth-order valence-electron chi connectivity index (χ4n) is 3.52. The first kappa shape index (κ1) is 20.5. The third-order valence-corrected chi connectivity index (χ3v) is 5.21. The predicted octanol–water partition coefficient (Wildman–Crippen LogP) is 5.84. The van der Waals surface area contributed by atoms with Gasteiger partial charge in [0.2, 0.25) is 0 Å². The molecule has 1 unspecified atom stereocenters. The SMILES string of the molecule is CC(C)(C)N1CCC(NC(=O)c2ccc(C(F)(F)F)cc2Cl)c2ccccc21. The van der Waals surface area contributed by atoms with Crippen LogP contribution in [-0.2, 0) is 6.18 Å². The van der Waals surface area contributed by atoms with Crippen molar-refractivity contribution in [3.63, 3.8) is 0 Å². The summed E-state index contributed by atoms with van der Waals surface area (Å²) in [7, 11) is 0. The topological polar surface area (TPSA) is 32.3 Å². The first-order valence-electron chi connectivity index (χ1n) is 9.02. The minimum atomic E-state index is -4.50. The van der Waals surface area contributed by atoms with Gasteiger partial charge in [0, 0.05) is 17.8 Å². The van der Waals surface area contributed by atoms with E-state index in [1.807, 2.05) is 24.3 Å². The molecule has 0 aliphatic carbocycles. The fourth-order valence-corrected chi connectivity index (χ4v) is 3.79. The van der Waals surface area contributed by atoms with E-state index in [0.29, 0.717) is 6.42 Å². The molecule has 0 spiro atoms. The average molecular weight is 411 g/mol. The van der Waals surface area contributed by atoms with E-state index >= 15 is 0 Å². The third kappa shape index (κ3) is 4.12. The summed E-state index contributed by atoms with van der Waals surface area (Å²) in [5.41, 5.74) is 1.12. The van der Waals surface area contributed by atoms with Gasteiger partial charge in [0.05, 0.1) is 22.2 Å². The number of fused-ring (bicyclic) bond motifs is 1. The number of hydrogen-bond acceptors (Lipinski definition) is 2. The van der Waals surface area contributed by atoms with E-state index < -0.39 is 17.6 Å². The van der Waals surface area contributed by atoms with Gasteiger partial charge < -0.3 is 10.2 Å². The molecule has 7 heteroatoms. The molecule has 1 amide bonds. The van der Waals surface area contributed by atoms with Crippen molar-refractivity contribution in [1.82, 2.24) is 5.32 Å². The van der Waals surface area contributed by atoms with Gasteiger partial charge in [-0.05, 0) is 57.0 Å². The summed E-state index contributed by atoms with van der Waals surface area (Å²) in [5.74, 6) is -0.484. The van der Waals surface area contributed by atoms with Gasteiger partial charge in [-0.1, -0.05) is 29.8 Å². The van der Waals surface area contributed by atoms with Crippen LogP contribution in [0.5, 0.6) is 0 Å². The minimum Gasteiger partial charge on any atom is -0.366 e. The maximum atomic E-state index is 12.8. The quantitative estimate of drug-likeness (QED) is 0.674. The number of anilines is 1. The fraction of sp³-hybridized carbons (Fsp3) is 0.381. The molecule has 3 rings (SSSR count). The predicted molar refractivity (Wildman–Crippen MR) is 105 cm³/mol. The van der Waals surface area contributed by atoms with E-state index in [1.165, 1.54) is 0 Å². The normalized spacial score (nSPS) is 17.2. The molecule has 28 heavy (non-hydrogen) atoms. The maximum absolute atomic E-state index is 12.8. The van der Waals surface area contributed by atoms with Gasteiger partial charge in [-0.25, -0.2) is 0 Å². The number of carbonyl (C=O) groups excluding carboxylic acids is 1. The summed E-state index contributed by atoms with van der Waals surface area (Å²) < 4.78 is 38.4. The lowest BCUT2D eigenvalue weighted by Gasteiger charge is -2.44. The first-order valence-corrected chi connectivity index (χ1v) is 9.40. The minimum absolute atomic E-state index is 0.0328. The van der Waals surface area contributed by atoms with Crippen LogP contribution in [0.3, 0.4) is 0 Å². The molecule has 0 saturated heterocycles. The van der Waals surface area contributed by atoms with Gasteiger partial charge >= 0.3 is 6.18 Å². The van der Waals surface area contributed by atoms with Crippen molar-refractivity contribution in [2.75, 3.05) is 11.4 Å². The molecule has 2 aromatic rings. The van der Waals surface area contributed by atoms with Gasteiger partial charge in [-0.15, -0.1) is 0 Å². The van der Waals surface area contributed by atoms with E-state index in [-0.39, 0.29) is 22.2 Å². The molecule has 2 aromatic carbocycles. The molecule has 1 heterocycles. The van der Waals surface area contributed by atoms with Crippen molar-refractivity contribution in [2.24, 2.45) is 0 Å². The van der Waals surface area contributed by atoms with Crippen LogP contribution in [0, 0.1) is 0 Å². The van der Waals surface area contributed by atoms with Crippen molar-refractivity contribution < 1.29 is 18.0 Å². The Hall–Kier alpha value is -2.21. The molecular formula is C21H22ClF3N2O. The molecule has 1 atom stereocenters. The van der Waals surface area contributed by atoms with Crippen LogP contribution < -0.4 is 10.2 Å². The number of benzene rings is 2. The van der Waals surface area contributed by atoms with Gasteiger partial charge in [0.15, 0.2) is 0 Å². The van der Waals surface area contributed by atoms with Crippen LogP contribution in [-0.4, -0.2) is 18.0 Å². The van der Waals surface area contributed by atoms with E-state index in [4.69, 9.17) is 11.6 Å². The average Bonchev–Trinajstić information content (AvgIpc) is 2.60. The Morgan fingerprint density at radius 2 is 1.82 bits per heavy atom. The van der Waals surface area contributed by atoms with Gasteiger partial charge in [-0.3, -0.25) is 4.79 Å². The first-order chi connectivity index (χ1) is 13.0. The lowest BCUT2D eigenvalue weighted by Crippen LogP contribution is -2.47. The van der Waals surface area contributed by atoms with Crippen LogP contribution in [0.4, 0.5) is 18.9 Å². The Kier molecular flexibility index (Phi) is 5.36. The number of carbonyl (C=O) groups is 1. The van der Waals surface area contributed by atoms with Crippen molar-refractivity contribution in [1.29, 1.82) is 0 Å². The van der Waals surface area contributed by atoms with Crippen LogP contribution >= 0.6 is 11.6 Å². The molecule has 1 aliphatic heterocycles. The third-order valence-electron chi connectivity index (χ3n) is 4.90. The second kappa shape index (κ2) is 7.32. The Balaban J connectivity index is 1.85.